The molecule has 0 aromatic rings. The smallest absolute Gasteiger partial charge is 0.463 e. The van der Waals surface area contributed by atoms with Gasteiger partial charge in [0.05, 0.1) is 26.4 Å². The summed E-state index contributed by atoms with van der Waals surface area (Å²) in [5.74, 6) is -1.64. The maximum atomic E-state index is 12.9. The molecule has 0 aliphatic heterocycles. The third kappa shape index (κ3) is 74.4. The predicted octanol–water partition coefficient (Wildman–Crippen LogP) is 22.1. The fourth-order valence-electron chi connectivity index (χ4n) is 9.77. The van der Waals surface area contributed by atoms with Gasteiger partial charge in [-0.2, -0.15) is 0 Å². The van der Waals surface area contributed by atoms with E-state index in [0.29, 0.717) is 19.3 Å². The molecule has 0 bridgehead atoms. The van der Waals surface area contributed by atoms with Crippen molar-refractivity contribution in [2.45, 2.75) is 309 Å². The highest BCUT2D eigenvalue weighted by Crippen LogP contribution is 2.45. The van der Waals surface area contributed by atoms with Crippen molar-refractivity contribution in [2.24, 2.45) is 0 Å². The van der Waals surface area contributed by atoms with E-state index in [9.17, 15) is 43.5 Å². The number of hydrogen-bond donors (Lipinski definition) is 4. The number of carbonyl (C=O) groups excluding carboxylic acids is 3. The van der Waals surface area contributed by atoms with Gasteiger partial charge in [-0.1, -0.05) is 276 Å². The minimum absolute atomic E-state index is 0.0730. The van der Waals surface area contributed by atoms with Crippen LogP contribution in [0.2, 0.25) is 0 Å². The van der Waals surface area contributed by atoms with Gasteiger partial charge < -0.3 is 34.2 Å². The van der Waals surface area contributed by atoms with E-state index in [4.69, 9.17) is 32.3 Å². The molecular formula is C81H136O16P2. The van der Waals surface area contributed by atoms with Crippen LogP contribution in [0.5, 0.6) is 0 Å². The van der Waals surface area contributed by atoms with Crippen molar-refractivity contribution in [1.82, 2.24) is 0 Å². The lowest BCUT2D eigenvalue weighted by molar-refractivity contribution is -0.161. The number of phosphoric acid groups is 2. The molecule has 0 aliphatic rings. The number of ether oxygens (including phenoxy) is 3. The largest absolute Gasteiger partial charge is 0.472 e. The Kier molecular flexibility index (Phi) is 69.8. The van der Waals surface area contributed by atoms with Gasteiger partial charge in [-0.15, -0.1) is 0 Å². The summed E-state index contributed by atoms with van der Waals surface area (Å²) in [6, 6.07) is 0. The second kappa shape index (κ2) is 73.2. The predicted molar refractivity (Wildman–Crippen MR) is 408 cm³/mol. The van der Waals surface area contributed by atoms with E-state index in [1.807, 2.05) is 0 Å². The molecule has 0 radical (unpaired) electrons. The van der Waals surface area contributed by atoms with E-state index < -0.39 is 91.5 Å². The van der Waals surface area contributed by atoms with Crippen molar-refractivity contribution in [3.05, 3.63) is 146 Å². The molecule has 0 saturated carbocycles. The minimum atomic E-state index is -4.94. The summed E-state index contributed by atoms with van der Waals surface area (Å²) >= 11 is 0. The zero-order valence-corrected chi connectivity index (χ0v) is 63.4. The fraction of sp³-hybridized carbons (Fsp3) is 0.667. The van der Waals surface area contributed by atoms with Gasteiger partial charge >= 0.3 is 33.6 Å². The highest BCUT2D eigenvalue weighted by molar-refractivity contribution is 7.47. The quantitative estimate of drug-likeness (QED) is 0.0146. The van der Waals surface area contributed by atoms with Crippen LogP contribution in [0.3, 0.4) is 0 Å². The molecule has 0 rings (SSSR count). The maximum absolute atomic E-state index is 12.9. The zero-order chi connectivity index (χ0) is 72.3. The van der Waals surface area contributed by atoms with Crippen molar-refractivity contribution in [2.75, 3.05) is 39.6 Å². The average Bonchev–Trinajstić information content (AvgIpc) is 1.92. The second-order valence-electron chi connectivity index (χ2n) is 25.0. The number of esters is 3. The van der Waals surface area contributed by atoms with Crippen LogP contribution in [-0.4, -0.2) is 95.9 Å². The minimum Gasteiger partial charge on any atom is -0.463 e. The van der Waals surface area contributed by atoms with Crippen molar-refractivity contribution in [3.63, 3.8) is 0 Å². The number of carbonyl (C=O) groups is 3. The Morgan fingerprint density at radius 1 is 0.293 bits per heavy atom. The highest BCUT2D eigenvalue weighted by Gasteiger charge is 2.29. The van der Waals surface area contributed by atoms with Crippen LogP contribution in [0.1, 0.15) is 290 Å². The van der Waals surface area contributed by atoms with Crippen LogP contribution < -0.4 is 0 Å². The molecule has 0 aliphatic carbocycles. The Morgan fingerprint density at radius 2 is 0.535 bits per heavy atom. The monoisotopic (exact) mass is 1430 g/mol. The van der Waals surface area contributed by atoms with Gasteiger partial charge in [0.1, 0.15) is 25.4 Å². The number of phosphoric ester groups is 2. The lowest BCUT2D eigenvalue weighted by atomic mass is 10.0. The number of unbranched alkanes of at least 4 members (excludes halogenated alkanes) is 24. The van der Waals surface area contributed by atoms with Gasteiger partial charge in [0.25, 0.3) is 0 Å². The third-order valence-electron chi connectivity index (χ3n) is 15.5. The molecule has 566 valence electrons. The molecule has 0 fully saturated rings. The summed E-state index contributed by atoms with van der Waals surface area (Å²) in [5, 5.41) is 20.6. The van der Waals surface area contributed by atoms with Crippen molar-refractivity contribution >= 4 is 33.6 Å². The Balaban J connectivity index is 4.56. The average molecular weight is 1430 g/mol. The van der Waals surface area contributed by atoms with E-state index in [1.54, 1.807) is 0 Å². The Hall–Kier alpha value is -4.57. The molecule has 0 saturated heterocycles. The molecule has 0 amide bonds. The van der Waals surface area contributed by atoms with Crippen LogP contribution in [0.15, 0.2) is 146 Å². The van der Waals surface area contributed by atoms with Crippen LogP contribution >= 0.6 is 15.6 Å². The zero-order valence-electron chi connectivity index (χ0n) is 61.6. The molecule has 0 spiro atoms. The number of allylic oxidation sites excluding steroid dienone is 24. The first-order valence-electron chi connectivity index (χ1n) is 38.1. The van der Waals surface area contributed by atoms with Crippen molar-refractivity contribution in [1.29, 1.82) is 0 Å². The van der Waals surface area contributed by atoms with Gasteiger partial charge in [-0.05, 0) is 141 Å². The van der Waals surface area contributed by atoms with Gasteiger partial charge in [-0.3, -0.25) is 32.5 Å². The topological polar surface area (TPSA) is 231 Å². The normalized spacial score (nSPS) is 14.9. The molecule has 4 N–H and O–H groups in total. The summed E-state index contributed by atoms with van der Waals surface area (Å²) in [5.41, 5.74) is 0. The van der Waals surface area contributed by atoms with Crippen LogP contribution in [0.25, 0.3) is 0 Å². The first kappa shape index (κ1) is 94.4. The fourth-order valence-corrected chi connectivity index (χ4v) is 11.4. The molecule has 16 nitrogen and oxygen atoms in total. The maximum Gasteiger partial charge on any atom is 0.472 e. The Morgan fingerprint density at radius 3 is 0.859 bits per heavy atom. The summed E-state index contributed by atoms with van der Waals surface area (Å²) in [6.45, 7) is 2.35. The molecule has 5 atom stereocenters. The second-order valence-corrected chi connectivity index (χ2v) is 27.9. The van der Waals surface area contributed by atoms with E-state index in [-0.39, 0.29) is 19.3 Å². The lowest BCUT2D eigenvalue weighted by Gasteiger charge is -2.21. The van der Waals surface area contributed by atoms with Crippen molar-refractivity contribution in [3.8, 4) is 0 Å². The van der Waals surface area contributed by atoms with E-state index in [1.165, 1.54) is 83.5 Å². The molecule has 0 aromatic heterocycles. The molecule has 99 heavy (non-hydrogen) atoms. The summed E-state index contributed by atoms with van der Waals surface area (Å²) in [6.07, 6.45) is 89.0. The molecule has 5 unspecified atom stereocenters. The lowest BCUT2D eigenvalue weighted by Crippen LogP contribution is -2.30. The van der Waals surface area contributed by atoms with Gasteiger partial charge in [0, 0.05) is 19.3 Å². The molecular weight excluding hydrogens is 1290 g/mol. The first-order chi connectivity index (χ1) is 48.2. The molecule has 18 heteroatoms. The summed E-state index contributed by atoms with van der Waals surface area (Å²) in [7, 11) is -9.81. The summed E-state index contributed by atoms with van der Waals surface area (Å²) in [4.78, 5) is 58.5. The van der Waals surface area contributed by atoms with Gasteiger partial charge in [0.15, 0.2) is 6.10 Å². The Labute approximate surface area is 600 Å². The number of aliphatic hydroxyl groups excluding tert-OH is 2. The van der Waals surface area contributed by atoms with Gasteiger partial charge in [-0.25, -0.2) is 9.13 Å². The van der Waals surface area contributed by atoms with Crippen LogP contribution in [-0.2, 0) is 55.8 Å². The Bertz CT molecular complexity index is 2380. The van der Waals surface area contributed by atoms with Gasteiger partial charge in [0.2, 0.25) is 0 Å². The number of hydrogen-bond acceptors (Lipinski definition) is 14. The van der Waals surface area contributed by atoms with Crippen LogP contribution in [0, 0.1) is 0 Å². The van der Waals surface area contributed by atoms with E-state index in [2.05, 4.69) is 167 Å². The first-order valence-corrected chi connectivity index (χ1v) is 41.1. The van der Waals surface area contributed by atoms with Crippen molar-refractivity contribution < 1.29 is 75.8 Å². The molecule has 0 aromatic carbocycles. The SMILES string of the molecule is CC/C=C\C/C=C\C/C=C\C/C=C\C/C=C\CCCCCC(=O)OCC(COP(=O)(O)OCC(O)COP(=O)(O)OCC(O)COC(=O)CCCCCCCCCCCCCCC/C=C\C/C=C\C/C=C\C/C=C\CCCCC)OC(=O)CCCCCCC/C=C\C/C=C\C/C=C\CC. The van der Waals surface area contributed by atoms with E-state index in [0.717, 1.165) is 148 Å². The van der Waals surface area contributed by atoms with E-state index >= 15 is 0 Å². The highest BCUT2D eigenvalue weighted by atomic mass is 31.2. The van der Waals surface area contributed by atoms with Crippen LogP contribution in [0.4, 0.5) is 0 Å². The number of rotatable bonds is 71. The summed E-state index contributed by atoms with van der Waals surface area (Å²) < 4.78 is 61.0. The standard InChI is InChI=1S/C81H136O16P2/c1-4-7-10-13-16-19-22-25-28-30-32-33-34-35-36-37-38-39-40-41-43-45-47-49-52-55-58-61-64-67-79(84)91-70-76(82)71-93-98(87,88)94-72-77(83)73-95-99(89,90)96-75-78(97-81(86)69-66-63-60-57-54-51-46-27-24-21-18-15-12-9-6-3)74-92-80(85)68-65-62-59-56-53-50-48-44-42-31-29-26-23-20-17-14-11-8-5-2/h8-9,11-12,16-21,25-29,32-33,35-36,42,44,46,50,53,76-78,82-83H,4-7,10,13-15,22-24,30-31,34,37-41,43,45,47-49,51-52,54-75H2,1-3H3,(H,87,88)(H,89,90)/b11-8-,12-9-,19-16-,20-17-,21-18-,28-25-,29-26-,33-32-,36-35-,44-42-,46-27-,53-50-. The molecule has 0 heterocycles. The third-order valence-corrected chi connectivity index (χ3v) is 17.4. The number of aliphatic hydroxyl groups is 2.